The van der Waals surface area contributed by atoms with Crippen LogP contribution in [-0.4, -0.2) is 44.6 Å². The number of benzene rings is 1. The molecule has 1 saturated heterocycles. The first kappa shape index (κ1) is 22.6. The van der Waals surface area contributed by atoms with Gasteiger partial charge < -0.3 is 19.2 Å². The van der Waals surface area contributed by atoms with Crippen LogP contribution in [0.15, 0.2) is 15.3 Å². The summed E-state index contributed by atoms with van der Waals surface area (Å²) in [6.07, 6.45) is 2.20. The van der Waals surface area contributed by atoms with Gasteiger partial charge >= 0.3 is 5.63 Å². The molecule has 32 heavy (non-hydrogen) atoms. The molecule has 9 heteroatoms. The number of sulfone groups is 1. The van der Waals surface area contributed by atoms with Crippen LogP contribution >= 0.6 is 0 Å². The molecule has 2 aliphatic rings. The van der Waals surface area contributed by atoms with E-state index in [1.54, 1.807) is 7.11 Å². The summed E-state index contributed by atoms with van der Waals surface area (Å²) in [7, 11) is -1.51. The van der Waals surface area contributed by atoms with E-state index in [1.807, 2.05) is 26.8 Å². The molecule has 174 valence electrons. The van der Waals surface area contributed by atoms with Gasteiger partial charge in [0.1, 0.15) is 22.7 Å². The van der Waals surface area contributed by atoms with Gasteiger partial charge in [-0.1, -0.05) is 0 Å². The number of fused-ring (bicyclic) bond motifs is 3. The molecule has 1 aromatic heterocycles. The summed E-state index contributed by atoms with van der Waals surface area (Å²) in [5.74, 6) is 0.998. The first-order valence-electron chi connectivity index (χ1n) is 10.8. The number of carbonyl (C=O) groups excluding carboxylic acids is 1. The lowest BCUT2D eigenvalue weighted by Crippen LogP contribution is -2.35. The van der Waals surface area contributed by atoms with Crippen LogP contribution in [0.1, 0.15) is 49.8 Å². The predicted octanol–water partition coefficient (Wildman–Crippen LogP) is 2.45. The van der Waals surface area contributed by atoms with Gasteiger partial charge in [-0.25, -0.2) is 13.2 Å². The molecule has 1 amide bonds. The molecule has 1 fully saturated rings. The molecule has 1 aromatic carbocycles. The van der Waals surface area contributed by atoms with E-state index in [0.717, 1.165) is 24.0 Å². The highest BCUT2D eigenvalue weighted by atomic mass is 32.2. The number of amides is 1. The minimum Gasteiger partial charge on any atom is -0.496 e. The normalized spacial score (nSPS) is 21.1. The van der Waals surface area contributed by atoms with Crippen molar-refractivity contribution in [1.82, 2.24) is 5.32 Å². The van der Waals surface area contributed by atoms with Crippen LogP contribution in [0.2, 0.25) is 0 Å². The number of rotatable bonds is 5. The molecule has 0 saturated carbocycles. The van der Waals surface area contributed by atoms with E-state index in [0.29, 0.717) is 34.5 Å². The van der Waals surface area contributed by atoms with E-state index in [9.17, 15) is 18.0 Å². The molecule has 1 N–H and O–H groups in total. The van der Waals surface area contributed by atoms with Gasteiger partial charge in [0.05, 0.1) is 24.0 Å². The minimum atomic E-state index is -3.07. The largest absolute Gasteiger partial charge is 0.496 e. The van der Waals surface area contributed by atoms with Crippen molar-refractivity contribution in [3.05, 3.63) is 33.2 Å². The second kappa shape index (κ2) is 8.10. The molecule has 0 bridgehead atoms. The first-order valence-corrected chi connectivity index (χ1v) is 12.7. The molecule has 1 atom stereocenters. The standard InChI is InChI=1S/C23H29NO7S/c1-13-15(5-6-19(25)24-14-8-10-32(27,28)12-14)22(26)30-21-16-7-9-23(2,3)31-17(16)11-18(29-4)20(13)21/h11,14H,5-10,12H2,1-4H3,(H,24,25). The average Bonchev–Trinajstić information content (AvgIpc) is 3.04. The van der Waals surface area contributed by atoms with Crippen molar-refractivity contribution in [2.24, 2.45) is 0 Å². The predicted molar refractivity (Wildman–Crippen MR) is 120 cm³/mol. The van der Waals surface area contributed by atoms with Crippen molar-refractivity contribution < 1.29 is 27.1 Å². The van der Waals surface area contributed by atoms with Gasteiger partial charge in [0, 0.05) is 29.7 Å². The zero-order valence-corrected chi connectivity index (χ0v) is 19.7. The van der Waals surface area contributed by atoms with Gasteiger partial charge in [-0.05, 0) is 52.0 Å². The summed E-state index contributed by atoms with van der Waals surface area (Å²) in [6, 6.07) is 1.47. The Bertz CT molecular complexity index is 1240. The number of hydrogen-bond acceptors (Lipinski definition) is 7. The second-order valence-electron chi connectivity index (χ2n) is 9.28. The van der Waals surface area contributed by atoms with E-state index >= 15 is 0 Å². The number of aryl methyl sites for hydroxylation is 2. The Morgan fingerprint density at radius 1 is 1.34 bits per heavy atom. The SMILES string of the molecule is COc1cc2c(c3oc(=O)c(CCC(=O)NC4CCS(=O)(=O)C4)c(C)c13)CCC(C)(C)O2. The summed E-state index contributed by atoms with van der Waals surface area (Å²) in [5, 5.41) is 3.47. The van der Waals surface area contributed by atoms with Crippen molar-refractivity contribution in [1.29, 1.82) is 0 Å². The zero-order valence-electron chi connectivity index (χ0n) is 18.9. The van der Waals surface area contributed by atoms with E-state index in [1.165, 1.54) is 0 Å². The lowest BCUT2D eigenvalue weighted by Gasteiger charge is -2.33. The highest BCUT2D eigenvalue weighted by Crippen LogP contribution is 2.43. The molecule has 0 aliphatic carbocycles. The monoisotopic (exact) mass is 463 g/mol. The molecule has 4 rings (SSSR count). The van der Waals surface area contributed by atoms with Gasteiger partial charge in [0.15, 0.2) is 9.84 Å². The second-order valence-corrected chi connectivity index (χ2v) is 11.5. The molecule has 8 nitrogen and oxygen atoms in total. The summed E-state index contributed by atoms with van der Waals surface area (Å²) in [6.45, 7) is 5.87. The highest BCUT2D eigenvalue weighted by Gasteiger charge is 2.31. The minimum absolute atomic E-state index is 0.0307. The van der Waals surface area contributed by atoms with Gasteiger partial charge in [-0.2, -0.15) is 0 Å². The van der Waals surface area contributed by atoms with E-state index in [4.69, 9.17) is 13.9 Å². The quantitative estimate of drug-likeness (QED) is 0.678. The van der Waals surface area contributed by atoms with Crippen LogP contribution in [-0.2, 0) is 27.5 Å². The van der Waals surface area contributed by atoms with Gasteiger partial charge in [0.2, 0.25) is 5.91 Å². The van der Waals surface area contributed by atoms with E-state index < -0.39 is 15.5 Å². The number of hydrogen-bond donors (Lipinski definition) is 1. The van der Waals surface area contributed by atoms with Crippen molar-refractivity contribution in [3.63, 3.8) is 0 Å². The number of ether oxygens (including phenoxy) is 2. The fourth-order valence-electron chi connectivity index (χ4n) is 4.58. The number of carbonyl (C=O) groups is 1. The lowest BCUT2D eigenvalue weighted by atomic mass is 9.91. The third-order valence-electron chi connectivity index (χ3n) is 6.36. The highest BCUT2D eigenvalue weighted by molar-refractivity contribution is 7.91. The molecule has 3 heterocycles. The maximum atomic E-state index is 12.8. The summed E-state index contributed by atoms with van der Waals surface area (Å²) in [5.41, 5.74) is 1.67. The van der Waals surface area contributed by atoms with Crippen LogP contribution in [0.5, 0.6) is 11.5 Å². The average molecular weight is 464 g/mol. The Kier molecular flexibility index (Phi) is 5.73. The molecule has 0 radical (unpaired) electrons. The van der Waals surface area contributed by atoms with Gasteiger partial charge in [-0.3, -0.25) is 4.79 Å². The Balaban J connectivity index is 1.62. The fourth-order valence-corrected chi connectivity index (χ4v) is 6.25. The van der Waals surface area contributed by atoms with E-state index in [-0.39, 0.29) is 41.9 Å². The smallest absolute Gasteiger partial charge is 0.339 e. The summed E-state index contributed by atoms with van der Waals surface area (Å²) < 4.78 is 40.6. The Morgan fingerprint density at radius 2 is 2.09 bits per heavy atom. The molecular formula is C23H29NO7S. The lowest BCUT2D eigenvalue weighted by molar-refractivity contribution is -0.121. The van der Waals surface area contributed by atoms with Crippen LogP contribution in [0.25, 0.3) is 11.0 Å². The molecule has 2 aliphatic heterocycles. The Labute approximate surface area is 187 Å². The van der Waals surface area contributed by atoms with Crippen molar-refractivity contribution in [2.45, 2.75) is 64.5 Å². The molecule has 2 aromatic rings. The summed E-state index contributed by atoms with van der Waals surface area (Å²) >= 11 is 0. The number of methoxy groups -OCH3 is 1. The van der Waals surface area contributed by atoms with Crippen LogP contribution in [0.4, 0.5) is 0 Å². The summed E-state index contributed by atoms with van der Waals surface area (Å²) in [4.78, 5) is 25.2. The third-order valence-corrected chi connectivity index (χ3v) is 8.13. The first-order chi connectivity index (χ1) is 15.0. The fraction of sp³-hybridized carbons (Fsp3) is 0.565. The Hall–Kier alpha value is -2.55. The van der Waals surface area contributed by atoms with Crippen molar-refractivity contribution in [2.75, 3.05) is 18.6 Å². The van der Waals surface area contributed by atoms with Crippen LogP contribution in [0, 0.1) is 6.92 Å². The zero-order chi connectivity index (χ0) is 23.3. The van der Waals surface area contributed by atoms with Gasteiger partial charge in [-0.15, -0.1) is 0 Å². The third kappa shape index (κ3) is 4.35. The maximum Gasteiger partial charge on any atom is 0.339 e. The van der Waals surface area contributed by atoms with Crippen molar-refractivity contribution >= 4 is 26.7 Å². The topological polar surface area (TPSA) is 112 Å². The molecule has 1 unspecified atom stereocenters. The van der Waals surface area contributed by atoms with Gasteiger partial charge in [0.25, 0.3) is 0 Å². The molecular weight excluding hydrogens is 434 g/mol. The van der Waals surface area contributed by atoms with E-state index in [2.05, 4.69) is 5.32 Å². The van der Waals surface area contributed by atoms with Crippen LogP contribution < -0.4 is 20.4 Å². The van der Waals surface area contributed by atoms with Crippen LogP contribution in [0.3, 0.4) is 0 Å². The number of nitrogens with one attached hydrogen (secondary N) is 1. The Morgan fingerprint density at radius 3 is 2.75 bits per heavy atom. The molecule has 0 spiro atoms. The maximum absolute atomic E-state index is 12.8. The van der Waals surface area contributed by atoms with Crippen molar-refractivity contribution in [3.8, 4) is 11.5 Å².